The molecule has 1 saturated carbocycles. The summed E-state index contributed by atoms with van der Waals surface area (Å²) in [4.78, 5) is 34.5. The van der Waals surface area contributed by atoms with Crippen LogP contribution in [0.2, 0.25) is 0 Å². The maximum Gasteiger partial charge on any atom is 0.326 e. The number of carboxylic acid groups (broad SMARTS) is 2. The number of carbonyl (C=O) groups is 3. The van der Waals surface area contributed by atoms with E-state index in [2.05, 4.69) is 31.9 Å². The van der Waals surface area contributed by atoms with E-state index in [0.717, 1.165) is 25.9 Å². The van der Waals surface area contributed by atoms with Crippen LogP contribution < -0.4 is 37.6 Å². The minimum absolute atomic E-state index is 0.0921. The average molecular weight is 456 g/mol. The van der Waals surface area contributed by atoms with Crippen LogP contribution in [0.5, 0.6) is 0 Å². The van der Waals surface area contributed by atoms with Gasteiger partial charge < -0.3 is 31.9 Å². The van der Waals surface area contributed by atoms with Gasteiger partial charge in [-0.1, -0.05) is 0 Å². The second-order valence-electron chi connectivity index (χ2n) is 9.14. The van der Waals surface area contributed by atoms with Crippen molar-refractivity contribution in [1.29, 1.82) is 0 Å². The Morgan fingerprint density at radius 1 is 1.09 bits per heavy atom. The lowest BCUT2D eigenvalue weighted by Gasteiger charge is -2.47. The molecule has 5 unspecified atom stereocenters. The third-order valence-corrected chi connectivity index (χ3v) is 6.64. The molecule has 2 saturated heterocycles. The summed E-state index contributed by atoms with van der Waals surface area (Å²) in [5, 5.41) is 37.9. The third-order valence-electron chi connectivity index (χ3n) is 6.64. The van der Waals surface area contributed by atoms with Crippen molar-refractivity contribution in [2.24, 2.45) is 11.7 Å². The molecule has 3 fully saturated rings. The predicted octanol–water partition coefficient (Wildman–Crippen LogP) is -2.35. The van der Waals surface area contributed by atoms with Crippen molar-refractivity contribution >= 4 is 17.8 Å². The van der Waals surface area contributed by atoms with Gasteiger partial charge in [-0.3, -0.25) is 25.5 Å². The fourth-order valence-electron chi connectivity index (χ4n) is 4.82. The average Bonchev–Trinajstić information content (AvgIpc) is 2.75. The van der Waals surface area contributed by atoms with Crippen LogP contribution in [0, 0.1) is 5.92 Å². The van der Waals surface area contributed by atoms with E-state index in [0.29, 0.717) is 18.9 Å². The second kappa shape index (κ2) is 11.3. The van der Waals surface area contributed by atoms with E-state index in [9.17, 15) is 19.5 Å². The van der Waals surface area contributed by atoms with Gasteiger partial charge in [0.05, 0.1) is 24.5 Å². The summed E-state index contributed by atoms with van der Waals surface area (Å²) in [7, 11) is 0. The molecule has 182 valence electrons. The highest BCUT2D eigenvalue weighted by atomic mass is 16.4. The van der Waals surface area contributed by atoms with Crippen molar-refractivity contribution in [3.05, 3.63) is 0 Å². The highest BCUT2D eigenvalue weighted by Gasteiger charge is 2.38. The van der Waals surface area contributed by atoms with Gasteiger partial charge in [-0.25, -0.2) is 4.79 Å². The number of fused-ring (bicyclic) bond motifs is 1. The van der Waals surface area contributed by atoms with E-state index < -0.39 is 18.0 Å². The Labute approximate surface area is 187 Å². The van der Waals surface area contributed by atoms with Crippen molar-refractivity contribution in [3.63, 3.8) is 0 Å². The maximum atomic E-state index is 12.5. The third kappa shape index (κ3) is 6.83. The minimum Gasteiger partial charge on any atom is -0.481 e. The lowest BCUT2D eigenvalue weighted by Crippen LogP contribution is -2.79. The van der Waals surface area contributed by atoms with Crippen molar-refractivity contribution in [3.8, 4) is 0 Å². The van der Waals surface area contributed by atoms with E-state index in [-0.39, 0.29) is 55.2 Å². The molecule has 10 N–H and O–H groups in total. The summed E-state index contributed by atoms with van der Waals surface area (Å²) in [5.74, 6) is -2.83. The molecule has 6 atom stereocenters. The molecule has 12 heteroatoms. The van der Waals surface area contributed by atoms with Gasteiger partial charge in [0, 0.05) is 37.5 Å². The number of nitrogens with one attached hydrogen (secondary N) is 6. The van der Waals surface area contributed by atoms with Crippen LogP contribution in [0.4, 0.5) is 0 Å². The number of hydrogen-bond donors (Lipinski definition) is 9. The number of nitrogens with two attached hydrogens (primary N) is 1. The predicted molar refractivity (Wildman–Crippen MR) is 116 cm³/mol. The summed E-state index contributed by atoms with van der Waals surface area (Å²) < 4.78 is 0. The Kier molecular flexibility index (Phi) is 8.79. The Balaban J connectivity index is 1.37. The summed E-state index contributed by atoms with van der Waals surface area (Å²) in [6.45, 7) is 3.65. The number of carboxylic acids is 2. The van der Waals surface area contributed by atoms with Gasteiger partial charge in [-0.15, -0.1) is 0 Å². The molecule has 0 aromatic carbocycles. The van der Waals surface area contributed by atoms with Gasteiger partial charge in [0.15, 0.2) is 0 Å². The molecule has 0 aromatic rings. The lowest BCUT2D eigenvalue weighted by molar-refractivity contribution is -0.143. The van der Waals surface area contributed by atoms with Gasteiger partial charge in [0.1, 0.15) is 6.04 Å². The van der Waals surface area contributed by atoms with Crippen LogP contribution in [0.1, 0.15) is 45.4 Å². The van der Waals surface area contributed by atoms with Crippen molar-refractivity contribution in [2.75, 3.05) is 13.1 Å². The lowest BCUT2D eigenvalue weighted by atomic mass is 9.85. The van der Waals surface area contributed by atoms with Gasteiger partial charge in [0.25, 0.3) is 0 Å². The highest BCUT2D eigenvalue weighted by molar-refractivity contribution is 5.85. The first-order valence-electron chi connectivity index (χ1n) is 11.5. The zero-order valence-corrected chi connectivity index (χ0v) is 18.5. The fraction of sp³-hybridized carbons (Fsp3) is 0.850. The number of piperazine rings is 1. The summed E-state index contributed by atoms with van der Waals surface area (Å²) in [6, 6.07) is -0.529. The first-order valence-corrected chi connectivity index (χ1v) is 11.5. The quantitative estimate of drug-likeness (QED) is 0.181. The Morgan fingerprint density at radius 3 is 2.47 bits per heavy atom. The standard InChI is InChI=1S/C20H37N7O5/c1-10-24-17(21)16-18(25-10)23-9-13(26-16)8-22-12-4-2-11(3-5-12)19(30)27-14(20(31)32)6-7-15(28)29/h10-14,16-18,22-26H,2-9,21H2,1H3,(H,27,30)(H,28,29)(H,31,32)/t10?,11?,12?,13?,14-,16?,17?,18?/m0/s1. The summed E-state index contributed by atoms with van der Waals surface area (Å²) in [5.41, 5.74) is 6.23. The van der Waals surface area contributed by atoms with Crippen molar-refractivity contribution < 1.29 is 24.6 Å². The van der Waals surface area contributed by atoms with Crippen LogP contribution in [0.3, 0.4) is 0 Å². The van der Waals surface area contributed by atoms with E-state index in [1.165, 1.54) is 0 Å². The number of hydrogen-bond acceptors (Lipinski definition) is 9. The first-order chi connectivity index (χ1) is 15.2. The molecule has 0 bridgehead atoms. The summed E-state index contributed by atoms with van der Waals surface area (Å²) in [6.07, 6.45) is 2.75. The van der Waals surface area contributed by atoms with E-state index in [1.54, 1.807) is 0 Å². The van der Waals surface area contributed by atoms with E-state index >= 15 is 0 Å². The van der Waals surface area contributed by atoms with Crippen LogP contribution in [-0.4, -0.2) is 83.8 Å². The van der Waals surface area contributed by atoms with Crippen LogP contribution in [-0.2, 0) is 14.4 Å². The fourth-order valence-corrected chi connectivity index (χ4v) is 4.82. The highest BCUT2D eigenvalue weighted by Crippen LogP contribution is 2.25. The number of amides is 1. The molecule has 1 aliphatic carbocycles. The smallest absolute Gasteiger partial charge is 0.326 e. The molecule has 3 rings (SSSR count). The molecule has 2 aliphatic heterocycles. The molecule has 2 heterocycles. The topological polar surface area (TPSA) is 190 Å². The molecule has 3 aliphatic rings. The SMILES string of the molecule is CC1NC(N)C2NC(CNC3CCC(C(=O)N[C@@H](CCC(=O)O)C(=O)O)CC3)CNC2N1. The van der Waals surface area contributed by atoms with Gasteiger partial charge in [-0.05, 0) is 39.0 Å². The molecular weight excluding hydrogens is 418 g/mol. The number of carbonyl (C=O) groups excluding carboxylic acids is 1. The molecule has 32 heavy (non-hydrogen) atoms. The Bertz CT molecular complexity index is 673. The molecule has 1 amide bonds. The summed E-state index contributed by atoms with van der Waals surface area (Å²) >= 11 is 0. The van der Waals surface area contributed by atoms with Crippen LogP contribution in [0.15, 0.2) is 0 Å². The zero-order valence-electron chi connectivity index (χ0n) is 18.5. The number of rotatable bonds is 9. The largest absolute Gasteiger partial charge is 0.481 e. The van der Waals surface area contributed by atoms with Crippen LogP contribution >= 0.6 is 0 Å². The van der Waals surface area contributed by atoms with Gasteiger partial charge >= 0.3 is 11.9 Å². The Morgan fingerprint density at radius 2 is 1.81 bits per heavy atom. The minimum atomic E-state index is -1.21. The van der Waals surface area contributed by atoms with Crippen molar-refractivity contribution in [2.45, 2.75) is 88.1 Å². The molecule has 0 spiro atoms. The molecular formula is C20H37N7O5. The zero-order chi connectivity index (χ0) is 23.3. The van der Waals surface area contributed by atoms with Gasteiger partial charge in [-0.2, -0.15) is 0 Å². The van der Waals surface area contributed by atoms with E-state index in [1.807, 2.05) is 6.92 Å². The molecule has 0 aromatic heterocycles. The second-order valence-corrected chi connectivity index (χ2v) is 9.14. The van der Waals surface area contributed by atoms with Crippen molar-refractivity contribution in [1.82, 2.24) is 31.9 Å². The number of aliphatic carboxylic acids is 2. The Hall–Kier alpha value is -1.83. The maximum absolute atomic E-state index is 12.5. The first kappa shape index (κ1) is 24.8. The van der Waals surface area contributed by atoms with E-state index in [4.69, 9.17) is 10.8 Å². The monoisotopic (exact) mass is 455 g/mol. The van der Waals surface area contributed by atoms with Crippen LogP contribution in [0.25, 0.3) is 0 Å². The van der Waals surface area contributed by atoms with Gasteiger partial charge in [0.2, 0.25) is 5.91 Å². The normalized spacial score (nSPS) is 36.0. The molecule has 0 radical (unpaired) electrons. The molecule has 12 nitrogen and oxygen atoms in total.